The molecule has 2 heterocycles. The van der Waals surface area contributed by atoms with E-state index in [0.717, 1.165) is 6.07 Å². The Kier molecular flexibility index (Phi) is 3.54. The van der Waals surface area contributed by atoms with Crippen LogP contribution in [0.3, 0.4) is 0 Å². The van der Waals surface area contributed by atoms with Gasteiger partial charge in [0.1, 0.15) is 22.1 Å². The Labute approximate surface area is 145 Å². The molecule has 2 aromatic heterocycles. The number of pyridine rings is 1. The Hall–Kier alpha value is -3.12. The molecule has 0 fully saturated rings. The van der Waals surface area contributed by atoms with Crippen molar-refractivity contribution in [1.82, 2.24) is 4.98 Å². The predicted molar refractivity (Wildman–Crippen MR) is 96.6 cm³/mol. The van der Waals surface area contributed by atoms with Gasteiger partial charge in [-0.2, -0.15) is 0 Å². The first-order valence-electron chi connectivity index (χ1n) is 7.47. The number of aromatic amines is 1. The largest absolute Gasteiger partial charge is 0.507 e. The number of rotatable bonds is 2. The Morgan fingerprint density at radius 1 is 1.00 bits per heavy atom. The standard InChI is InChI=1S/C19H12FNO3S/c20-11-6-7-14(22)12(8-11)13-9-25-19-16(13)17(23)15(18(24)21-19)10-4-2-1-3-5-10/h1-9,22H,(H2,21,23,24). The number of hydrogen-bond donors (Lipinski definition) is 3. The first kappa shape index (κ1) is 15.4. The lowest BCUT2D eigenvalue weighted by Crippen LogP contribution is -2.08. The monoisotopic (exact) mass is 353 g/mol. The molecule has 124 valence electrons. The highest BCUT2D eigenvalue weighted by Gasteiger charge is 2.20. The van der Waals surface area contributed by atoms with Crippen LogP contribution >= 0.6 is 11.3 Å². The highest BCUT2D eigenvalue weighted by molar-refractivity contribution is 7.17. The van der Waals surface area contributed by atoms with Gasteiger partial charge in [0.25, 0.3) is 5.56 Å². The smallest absolute Gasteiger partial charge is 0.260 e. The SMILES string of the molecule is O=c1[nH]c2scc(-c3cc(F)ccc3O)c2c(O)c1-c1ccccc1. The minimum Gasteiger partial charge on any atom is -0.507 e. The van der Waals surface area contributed by atoms with Gasteiger partial charge in [-0.1, -0.05) is 30.3 Å². The average molecular weight is 353 g/mol. The minimum atomic E-state index is -0.501. The van der Waals surface area contributed by atoms with Crippen molar-refractivity contribution in [3.63, 3.8) is 0 Å². The molecular weight excluding hydrogens is 341 g/mol. The van der Waals surface area contributed by atoms with Crippen LogP contribution in [0.4, 0.5) is 4.39 Å². The summed E-state index contributed by atoms with van der Waals surface area (Å²) < 4.78 is 13.6. The van der Waals surface area contributed by atoms with Gasteiger partial charge in [-0.05, 0) is 23.8 Å². The van der Waals surface area contributed by atoms with E-state index < -0.39 is 11.4 Å². The molecule has 0 aliphatic heterocycles. The number of H-pyrrole nitrogens is 1. The first-order valence-corrected chi connectivity index (χ1v) is 8.35. The third kappa shape index (κ3) is 2.47. The van der Waals surface area contributed by atoms with Gasteiger partial charge in [-0.3, -0.25) is 4.79 Å². The van der Waals surface area contributed by atoms with Crippen molar-refractivity contribution in [1.29, 1.82) is 0 Å². The lowest BCUT2D eigenvalue weighted by atomic mass is 10.00. The molecule has 0 aliphatic carbocycles. The second kappa shape index (κ2) is 5.75. The molecule has 3 N–H and O–H groups in total. The van der Waals surface area contributed by atoms with Crippen molar-refractivity contribution >= 4 is 21.6 Å². The second-order valence-corrected chi connectivity index (χ2v) is 6.44. The molecule has 4 nitrogen and oxygen atoms in total. The van der Waals surface area contributed by atoms with Gasteiger partial charge in [0.15, 0.2) is 0 Å². The molecule has 4 rings (SSSR count). The van der Waals surface area contributed by atoms with Crippen molar-refractivity contribution < 1.29 is 14.6 Å². The summed E-state index contributed by atoms with van der Waals surface area (Å²) in [5.41, 5.74) is 1.02. The van der Waals surface area contributed by atoms with Gasteiger partial charge in [0.2, 0.25) is 0 Å². The normalized spacial score (nSPS) is 11.1. The molecule has 0 amide bonds. The van der Waals surface area contributed by atoms with Crippen molar-refractivity contribution in [2.24, 2.45) is 0 Å². The fourth-order valence-electron chi connectivity index (χ4n) is 2.88. The van der Waals surface area contributed by atoms with E-state index in [0.29, 0.717) is 21.3 Å². The van der Waals surface area contributed by atoms with E-state index in [-0.39, 0.29) is 22.6 Å². The lowest BCUT2D eigenvalue weighted by molar-refractivity contribution is 0.475. The van der Waals surface area contributed by atoms with E-state index >= 15 is 0 Å². The van der Waals surface area contributed by atoms with E-state index in [1.54, 1.807) is 29.6 Å². The number of aromatic hydroxyl groups is 2. The summed E-state index contributed by atoms with van der Waals surface area (Å²) in [5.74, 6) is -0.794. The lowest BCUT2D eigenvalue weighted by Gasteiger charge is -2.08. The maximum absolute atomic E-state index is 13.6. The fraction of sp³-hybridized carbons (Fsp3) is 0. The molecule has 25 heavy (non-hydrogen) atoms. The summed E-state index contributed by atoms with van der Waals surface area (Å²) in [6.07, 6.45) is 0. The van der Waals surface area contributed by atoms with E-state index in [1.807, 2.05) is 6.07 Å². The maximum Gasteiger partial charge on any atom is 0.260 e. The molecule has 0 bridgehead atoms. The predicted octanol–water partition coefficient (Wildman–Crippen LogP) is 4.47. The number of halogens is 1. The van der Waals surface area contributed by atoms with Crippen molar-refractivity contribution in [2.45, 2.75) is 0 Å². The van der Waals surface area contributed by atoms with Gasteiger partial charge in [0.05, 0.1) is 10.9 Å². The zero-order valence-corrected chi connectivity index (χ0v) is 13.6. The number of thiophene rings is 1. The topological polar surface area (TPSA) is 73.3 Å². The van der Waals surface area contributed by atoms with Gasteiger partial charge < -0.3 is 15.2 Å². The summed E-state index contributed by atoms with van der Waals surface area (Å²) in [5, 5.41) is 22.9. The summed E-state index contributed by atoms with van der Waals surface area (Å²) in [4.78, 5) is 15.6. The Balaban J connectivity index is 2.07. The maximum atomic E-state index is 13.6. The van der Waals surface area contributed by atoms with E-state index in [4.69, 9.17) is 0 Å². The van der Waals surface area contributed by atoms with Crippen LogP contribution in [0.1, 0.15) is 0 Å². The third-order valence-electron chi connectivity index (χ3n) is 4.03. The van der Waals surface area contributed by atoms with Crippen LogP contribution in [0.5, 0.6) is 11.5 Å². The van der Waals surface area contributed by atoms with Gasteiger partial charge in [0, 0.05) is 16.5 Å². The first-order chi connectivity index (χ1) is 12.1. The van der Waals surface area contributed by atoms with Crippen molar-refractivity contribution in [3.8, 4) is 33.8 Å². The molecular formula is C19H12FNO3S. The average Bonchev–Trinajstić information content (AvgIpc) is 3.02. The third-order valence-corrected chi connectivity index (χ3v) is 4.93. The summed E-state index contributed by atoms with van der Waals surface area (Å²) in [6, 6.07) is 12.4. The number of aromatic nitrogens is 1. The number of benzene rings is 2. The van der Waals surface area contributed by atoms with E-state index in [1.165, 1.54) is 23.5 Å². The summed E-state index contributed by atoms with van der Waals surface area (Å²) in [7, 11) is 0. The molecule has 6 heteroatoms. The molecule has 0 aliphatic rings. The minimum absolute atomic E-state index is 0.104. The van der Waals surface area contributed by atoms with Crippen LogP contribution in [0.15, 0.2) is 58.7 Å². The van der Waals surface area contributed by atoms with E-state index in [2.05, 4.69) is 4.98 Å². The molecule has 0 saturated heterocycles. The van der Waals surface area contributed by atoms with Gasteiger partial charge >= 0.3 is 0 Å². The molecule has 0 atom stereocenters. The molecule has 4 aromatic rings. The number of phenols is 1. The zero-order chi connectivity index (χ0) is 17.6. The van der Waals surface area contributed by atoms with Crippen LogP contribution in [-0.2, 0) is 0 Å². The second-order valence-electron chi connectivity index (χ2n) is 5.56. The molecule has 0 saturated carbocycles. The number of hydrogen-bond acceptors (Lipinski definition) is 4. The summed E-state index contributed by atoms with van der Waals surface area (Å²) >= 11 is 1.21. The quantitative estimate of drug-likeness (QED) is 0.498. The molecule has 0 spiro atoms. The summed E-state index contributed by atoms with van der Waals surface area (Å²) in [6.45, 7) is 0. The van der Waals surface area contributed by atoms with Crippen LogP contribution in [-0.4, -0.2) is 15.2 Å². The highest BCUT2D eigenvalue weighted by atomic mass is 32.1. The number of nitrogens with one attached hydrogen (secondary N) is 1. The van der Waals surface area contributed by atoms with Crippen LogP contribution < -0.4 is 5.56 Å². The molecule has 0 radical (unpaired) electrons. The Bertz CT molecular complexity index is 1150. The van der Waals surface area contributed by atoms with Crippen LogP contribution in [0.2, 0.25) is 0 Å². The zero-order valence-electron chi connectivity index (χ0n) is 12.8. The van der Waals surface area contributed by atoms with Gasteiger partial charge in [-0.25, -0.2) is 4.39 Å². The Morgan fingerprint density at radius 3 is 2.52 bits per heavy atom. The molecule has 2 aromatic carbocycles. The van der Waals surface area contributed by atoms with Crippen LogP contribution in [0.25, 0.3) is 32.5 Å². The van der Waals surface area contributed by atoms with Crippen molar-refractivity contribution in [2.75, 3.05) is 0 Å². The highest BCUT2D eigenvalue weighted by Crippen LogP contribution is 2.43. The number of fused-ring (bicyclic) bond motifs is 1. The van der Waals surface area contributed by atoms with Crippen LogP contribution in [0, 0.1) is 5.82 Å². The Morgan fingerprint density at radius 2 is 1.76 bits per heavy atom. The fourth-order valence-corrected chi connectivity index (χ4v) is 3.83. The van der Waals surface area contributed by atoms with E-state index in [9.17, 15) is 19.4 Å². The molecule has 0 unspecified atom stereocenters. The van der Waals surface area contributed by atoms with Gasteiger partial charge in [-0.15, -0.1) is 11.3 Å². The number of phenolic OH excluding ortho intramolecular Hbond substituents is 1. The van der Waals surface area contributed by atoms with Crippen molar-refractivity contribution in [3.05, 3.63) is 70.1 Å².